The van der Waals surface area contributed by atoms with Crippen LogP contribution in [0.1, 0.15) is 47.5 Å². The van der Waals surface area contributed by atoms with Gasteiger partial charge < -0.3 is 15.1 Å². The van der Waals surface area contributed by atoms with Crippen LogP contribution in [-0.4, -0.2) is 61.4 Å². The molecule has 0 heterocycles. The maximum Gasteiger partial charge on any atom is 0.242 e. The molecule has 0 aliphatic rings. The standard InChI is InChI=1S/C16H34N4O/c1-7-17-16(18-12-10-11-14(4)5)19(6)13-15(21)20(8-2)9-3/h14H,7-13H2,1-6H3,(H,17,18). The van der Waals surface area contributed by atoms with Crippen molar-refractivity contribution in [3.63, 3.8) is 0 Å². The highest BCUT2D eigenvalue weighted by Crippen LogP contribution is 2.03. The average molecular weight is 298 g/mol. The molecule has 0 aromatic carbocycles. The molecule has 0 aromatic rings. The quantitative estimate of drug-likeness (QED) is 0.403. The smallest absolute Gasteiger partial charge is 0.242 e. The number of nitrogens with zero attached hydrogens (tertiary/aromatic N) is 3. The lowest BCUT2D eigenvalue weighted by Gasteiger charge is -2.25. The summed E-state index contributed by atoms with van der Waals surface area (Å²) in [7, 11) is 1.92. The van der Waals surface area contributed by atoms with E-state index in [-0.39, 0.29) is 5.91 Å². The molecule has 5 nitrogen and oxygen atoms in total. The lowest BCUT2D eigenvalue weighted by Crippen LogP contribution is -2.45. The molecule has 0 atom stereocenters. The fourth-order valence-electron chi connectivity index (χ4n) is 2.11. The van der Waals surface area contributed by atoms with E-state index in [1.165, 1.54) is 6.42 Å². The Labute approximate surface area is 130 Å². The number of carbonyl (C=O) groups excluding carboxylic acids is 1. The maximum absolute atomic E-state index is 12.1. The number of hydrogen-bond donors (Lipinski definition) is 1. The normalized spacial score (nSPS) is 11.7. The molecule has 124 valence electrons. The van der Waals surface area contributed by atoms with Crippen LogP contribution in [0.5, 0.6) is 0 Å². The number of hydrogen-bond acceptors (Lipinski definition) is 2. The van der Waals surface area contributed by atoms with Gasteiger partial charge in [-0.05, 0) is 39.5 Å². The van der Waals surface area contributed by atoms with E-state index in [1.807, 2.05) is 37.6 Å². The lowest BCUT2D eigenvalue weighted by atomic mass is 10.1. The second-order valence-corrected chi connectivity index (χ2v) is 5.69. The van der Waals surface area contributed by atoms with Crippen LogP contribution in [0.4, 0.5) is 0 Å². The van der Waals surface area contributed by atoms with Crippen molar-refractivity contribution in [2.24, 2.45) is 10.9 Å². The van der Waals surface area contributed by atoms with Crippen molar-refractivity contribution in [3.05, 3.63) is 0 Å². The third-order valence-corrected chi connectivity index (χ3v) is 3.39. The predicted octanol–water partition coefficient (Wildman–Crippen LogP) is 2.19. The Morgan fingerprint density at radius 2 is 1.81 bits per heavy atom. The first kappa shape index (κ1) is 19.7. The first-order valence-corrected chi connectivity index (χ1v) is 8.23. The van der Waals surface area contributed by atoms with Gasteiger partial charge >= 0.3 is 0 Å². The van der Waals surface area contributed by atoms with Gasteiger partial charge in [-0.25, -0.2) is 0 Å². The molecule has 0 rings (SSSR count). The van der Waals surface area contributed by atoms with E-state index in [2.05, 4.69) is 24.2 Å². The van der Waals surface area contributed by atoms with Crippen LogP contribution in [0, 0.1) is 5.92 Å². The van der Waals surface area contributed by atoms with Crippen LogP contribution in [0.25, 0.3) is 0 Å². The van der Waals surface area contributed by atoms with Crippen molar-refractivity contribution in [2.45, 2.75) is 47.5 Å². The molecule has 5 heteroatoms. The minimum absolute atomic E-state index is 0.148. The first-order chi connectivity index (χ1) is 9.96. The van der Waals surface area contributed by atoms with Crippen molar-refractivity contribution < 1.29 is 4.79 Å². The van der Waals surface area contributed by atoms with Gasteiger partial charge in [0, 0.05) is 33.2 Å². The van der Waals surface area contributed by atoms with Gasteiger partial charge in [-0.3, -0.25) is 9.79 Å². The zero-order chi connectivity index (χ0) is 16.3. The fraction of sp³-hybridized carbons (Fsp3) is 0.875. The number of aliphatic imine (C=N–C) groups is 1. The fourth-order valence-corrected chi connectivity index (χ4v) is 2.11. The van der Waals surface area contributed by atoms with Crippen LogP contribution in [0.3, 0.4) is 0 Å². The van der Waals surface area contributed by atoms with Gasteiger partial charge in [0.2, 0.25) is 5.91 Å². The molecule has 21 heavy (non-hydrogen) atoms. The summed E-state index contributed by atoms with van der Waals surface area (Å²) in [6.45, 7) is 14.0. The largest absolute Gasteiger partial charge is 0.357 e. The first-order valence-electron chi connectivity index (χ1n) is 8.23. The van der Waals surface area contributed by atoms with Crippen LogP contribution >= 0.6 is 0 Å². The van der Waals surface area contributed by atoms with Gasteiger partial charge in [0.05, 0.1) is 6.54 Å². The minimum Gasteiger partial charge on any atom is -0.357 e. The van der Waals surface area contributed by atoms with Crippen molar-refractivity contribution in [3.8, 4) is 0 Å². The zero-order valence-corrected chi connectivity index (χ0v) is 14.8. The van der Waals surface area contributed by atoms with Crippen LogP contribution in [0.2, 0.25) is 0 Å². The molecule has 0 fully saturated rings. The summed E-state index contributed by atoms with van der Waals surface area (Å²) in [5.74, 6) is 1.68. The molecular weight excluding hydrogens is 264 g/mol. The third kappa shape index (κ3) is 8.58. The highest BCUT2D eigenvalue weighted by atomic mass is 16.2. The number of likely N-dealkylation sites (N-methyl/N-ethyl adjacent to an activating group) is 2. The summed E-state index contributed by atoms with van der Waals surface area (Å²) in [4.78, 5) is 20.5. The zero-order valence-electron chi connectivity index (χ0n) is 14.8. The van der Waals surface area contributed by atoms with Crippen molar-refractivity contribution in [1.82, 2.24) is 15.1 Å². The monoisotopic (exact) mass is 298 g/mol. The number of guanidine groups is 1. The molecule has 0 unspecified atom stereocenters. The number of amides is 1. The Morgan fingerprint density at radius 3 is 2.29 bits per heavy atom. The topological polar surface area (TPSA) is 47.9 Å². The predicted molar refractivity (Wildman–Crippen MR) is 90.6 cm³/mol. The average Bonchev–Trinajstić information content (AvgIpc) is 2.43. The van der Waals surface area contributed by atoms with E-state index < -0.39 is 0 Å². The van der Waals surface area contributed by atoms with E-state index in [1.54, 1.807) is 0 Å². The molecule has 0 saturated heterocycles. The number of carbonyl (C=O) groups is 1. The number of nitrogens with one attached hydrogen (secondary N) is 1. The van der Waals surface area contributed by atoms with Gasteiger partial charge in [0.25, 0.3) is 0 Å². The van der Waals surface area contributed by atoms with Crippen molar-refractivity contribution >= 4 is 11.9 Å². The number of rotatable bonds is 9. The highest BCUT2D eigenvalue weighted by molar-refractivity contribution is 5.86. The van der Waals surface area contributed by atoms with Crippen LogP contribution in [0.15, 0.2) is 4.99 Å². The van der Waals surface area contributed by atoms with Crippen LogP contribution < -0.4 is 5.32 Å². The van der Waals surface area contributed by atoms with Crippen molar-refractivity contribution in [1.29, 1.82) is 0 Å². The molecule has 1 amide bonds. The Morgan fingerprint density at radius 1 is 1.19 bits per heavy atom. The molecule has 0 aromatic heterocycles. The van der Waals surface area contributed by atoms with E-state index in [0.29, 0.717) is 12.5 Å². The summed E-state index contributed by atoms with van der Waals surface area (Å²) in [5.41, 5.74) is 0. The van der Waals surface area contributed by atoms with E-state index in [9.17, 15) is 4.79 Å². The summed E-state index contributed by atoms with van der Waals surface area (Å²) in [6, 6.07) is 0. The SMILES string of the molecule is CCNC(=NCCCC(C)C)N(C)CC(=O)N(CC)CC. The Bertz CT molecular complexity index is 311. The Hall–Kier alpha value is -1.26. The van der Waals surface area contributed by atoms with Gasteiger partial charge in [0.15, 0.2) is 5.96 Å². The third-order valence-electron chi connectivity index (χ3n) is 3.39. The summed E-state index contributed by atoms with van der Waals surface area (Å²) in [6.07, 6.45) is 2.27. The summed E-state index contributed by atoms with van der Waals surface area (Å²) >= 11 is 0. The van der Waals surface area contributed by atoms with Gasteiger partial charge in [0.1, 0.15) is 0 Å². The van der Waals surface area contributed by atoms with Crippen LogP contribution in [-0.2, 0) is 4.79 Å². The molecule has 0 radical (unpaired) electrons. The van der Waals surface area contributed by atoms with Gasteiger partial charge in [-0.15, -0.1) is 0 Å². The van der Waals surface area contributed by atoms with E-state index >= 15 is 0 Å². The molecule has 1 N–H and O–H groups in total. The van der Waals surface area contributed by atoms with Gasteiger partial charge in [-0.1, -0.05) is 13.8 Å². The van der Waals surface area contributed by atoms with E-state index in [4.69, 9.17) is 0 Å². The molecule has 0 aliphatic heterocycles. The summed E-state index contributed by atoms with van der Waals surface area (Å²) < 4.78 is 0. The molecule has 0 spiro atoms. The van der Waals surface area contributed by atoms with Gasteiger partial charge in [-0.2, -0.15) is 0 Å². The second kappa shape index (κ2) is 11.4. The van der Waals surface area contributed by atoms with Crippen molar-refractivity contribution in [2.75, 3.05) is 39.8 Å². The summed E-state index contributed by atoms with van der Waals surface area (Å²) in [5, 5.41) is 3.26. The lowest BCUT2D eigenvalue weighted by molar-refractivity contribution is -0.131. The molecule has 0 aliphatic carbocycles. The Balaban J connectivity index is 4.49. The molecule has 0 bridgehead atoms. The maximum atomic E-state index is 12.1. The van der Waals surface area contributed by atoms with E-state index in [0.717, 1.165) is 38.6 Å². The minimum atomic E-state index is 0.148. The molecule has 0 saturated carbocycles. The Kier molecular flexibility index (Phi) is 10.7. The molecular formula is C16H34N4O. The second-order valence-electron chi connectivity index (χ2n) is 5.69. The highest BCUT2D eigenvalue weighted by Gasteiger charge is 2.14.